The third-order valence-corrected chi connectivity index (χ3v) is 4.88. The van der Waals surface area contributed by atoms with Crippen LogP contribution in [0.5, 0.6) is 11.5 Å². The molecule has 0 spiro atoms. The molecule has 1 aliphatic rings. The zero-order chi connectivity index (χ0) is 20.9. The maximum Gasteiger partial charge on any atom is 0.244 e. The van der Waals surface area contributed by atoms with Gasteiger partial charge in [0.05, 0.1) is 18.5 Å². The van der Waals surface area contributed by atoms with Gasteiger partial charge in [-0.3, -0.25) is 4.79 Å². The fraction of sp³-hybridized carbons (Fsp3) is 0.250. The van der Waals surface area contributed by atoms with E-state index in [1.54, 1.807) is 17.0 Å². The fourth-order valence-corrected chi connectivity index (χ4v) is 3.47. The molecule has 2 heterocycles. The first-order chi connectivity index (χ1) is 14.6. The molecule has 1 N–H and O–H groups in total. The highest BCUT2D eigenvalue weighted by Crippen LogP contribution is 2.35. The number of hydrogen-bond donors (Lipinski definition) is 1. The lowest BCUT2D eigenvalue weighted by atomic mass is 10.1. The molecule has 6 nitrogen and oxygen atoms in total. The van der Waals surface area contributed by atoms with Gasteiger partial charge in [0, 0.05) is 41.9 Å². The summed E-state index contributed by atoms with van der Waals surface area (Å²) < 4.78 is 13.4. The first kappa shape index (κ1) is 19.8. The lowest BCUT2D eigenvalue weighted by Gasteiger charge is -2.13. The summed E-state index contributed by atoms with van der Waals surface area (Å²) in [7, 11) is 0. The van der Waals surface area contributed by atoms with Crippen molar-refractivity contribution in [2.45, 2.75) is 32.9 Å². The number of aromatic nitrogens is 2. The molecule has 0 unspecified atom stereocenters. The van der Waals surface area contributed by atoms with Crippen LogP contribution in [0.2, 0.25) is 0 Å². The maximum absolute atomic E-state index is 12.3. The normalized spacial score (nSPS) is 15.1. The minimum Gasteiger partial charge on any atom is -0.494 e. The van der Waals surface area contributed by atoms with E-state index in [2.05, 4.69) is 10.4 Å². The van der Waals surface area contributed by atoms with Crippen LogP contribution in [0.25, 0.3) is 11.8 Å². The summed E-state index contributed by atoms with van der Waals surface area (Å²) in [6.45, 7) is 4.94. The van der Waals surface area contributed by atoms with Crippen molar-refractivity contribution < 1.29 is 14.3 Å². The lowest BCUT2D eigenvalue weighted by molar-refractivity contribution is -0.116. The molecule has 4 rings (SSSR count). The van der Waals surface area contributed by atoms with Crippen LogP contribution in [0.4, 0.5) is 0 Å². The van der Waals surface area contributed by atoms with E-state index in [1.165, 1.54) is 6.08 Å². The predicted molar refractivity (Wildman–Crippen MR) is 116 cm³/mol. The van der Waals surface area contributed by atoms with Crippen LogP contribution in [0, 0.1) is 0 Å². The van der Waals surface area contributed by atoms with E-state index in [0.717, 1.165) is 40.3 Å². The van der Waals surface area contributed by atoms with E-state index in [0.29, 0.717) is 13.2 Å². The average Bonchev–Trinajstić information content (AvgIpc) is 3.37. The highest BCUT2D eigenvalue weighted by molar-refractivity contribution is 5.91. The van der Waals surface area contributed by atoms with Crippen LogP contribution in [-0.2, 0) is 17.8 Å². The molecule has 1 aromatic heterocycles. The zero-order valence-electron chi connectivity index (χ0n) is 17.2. The van der Waals surface area contributed by atoms with E-state index < -0.39 is 0 Å². The van der Waals surface area contributed by atoms with Gasteiger partial charge in [0.2, 0.25) is 5.91 Å². The van der Waals surface area contributed by atoms with Crippen LogP contribution in [0.1, 0.15) is 30.5 Å². The number of benzene rings is 2. The average molecular weight is 403 g/mol. The van der Waals surface area contributed by atoms with Gasteiger partial charge in [-0.15, -0.1) is 0 Å². The van der Waals surface area contributed by atoms with Gasteiger partial charge in [-0.2, -0.15) is 5.10 Å². The maximum atomic E-state index is 12.3. The van der Waals surface area contributed by atoms with Gasteiger partial charge in [0.1, 0.15) is 17.6 Å². The van der Waals surface area contributed by atoms with Gasteiger partial charge in [-0.25, -0.2) is 4.68 Å². The predicted octanol–water partition coefficient (Wildman–Crippen LogP) is 3.92. The minimum absolute atomic E-state index is 0.166. The second kappa shape index (κ2) is 8.86. The molecule has 1 atom stereocenters. The van der Waals surface area contributed by atoms with Crippen LogP contribution in [-0.4, -0.2) is 28.4 Å². The molecule has 3 aromatic rings. The summed E-state index contributed by atoms with van der Waals surface area (Å²) in [5.41, 5.74) is 3.88. The molecule has 0 aliphatic carbocycles. The highest BCUT2D eigenvalue weighted by Gasteiger charge is 2.21. The Morgan fingerprint density at radius 3 is 2.97 bits per heavy atom. The standard InChI is InChI=1S/C24H25N3O3/c1-3-29-22-12-19-11-17(2)30-23(19)13-20(22)15-25-24(28)10-9-18-14-26-27(16-18)21-7-5-4-6-8-21/h4-10,12-14,16-17H,3,11,15H2,1-2H3,(H,25,28)/b10-9+/t17-/m1/s1. The Bertz CT molecular complexity index is 1060. The largest absolute Gasteiger partial charge is 0.494 e. The van der Waals surface area contributed by atoms with Gasteiger partial charge in [0.15, 0.2) is 0 Å². The van der Waals surface area contributed by atoms with Crippen molar-refractivity contribution in [1.29, 1.82) is 0 Å². The van der Waals surface area contributed by atoms with Crippen molar-refractivity contribution in [2.24, 2.45) is 0 Å². The van der Waals surface area contributed by atoms with Crippen molar-refractivity contribution in [3.8, 4) is 17.2 Å². The monoisotopic (exact) mass is 403 g/mol. The highest BCUT2D eigenvalue weighted by atomic mass is 16.5. The van der Waals surface area contributed by atoms with Gasteiger partial charge in [-0.1, -0.05) is 18.2 Å². The number of nitrogens with one attached hydrogen (secondary N) is 1. The van der Waals surface area contributed by atoms with Crippen LogP contribution >= 0.6 is 0 Å². The van der Waals surface area contributed by atoms with Gasteiger partial charge >= 0.3 is 0 Å². The Morgan fingerprint density at radius 2 is 2.17 bits per heavy atom. The van der Waals surface area contributed by atoms with E-state index >= 15 is 0 Å². The van der Waals surface area contributed by atoms with E-state index in [-0.39, 0.29) is 12.0 Å². The summed E-state index contributed by atoms with van der Waals surface area (Å²) >= 11 is 0. The number of fused-ring (bicyclic) bond motifs is 1. The molecule has 30 heavy (non-hydrogen) atoms. The quantitative estimate of drug-likeness (QED) is 0.607. The second-order valence-electron chi connectivity index (χ2n) is 7.24. The summed E-state index contributed by atoms with van der Waals surface area (Å²) in [5, 5.41) is 7.25. The van der Waals surface area contributed by atoms with Gasteiger partial charge < -0.3 is 14.8 Å². The summed E-state index contributed by atoms with van der Waals surface area (Å²) in [6.07, 6.45) is 7.91. The molecule has 0 saturated carbocycles. The Labute approximate surface area is 176 Å². The summed E-state index contributed by atoms with van der Waals surface area (Å²) in [5.74, 6) is 1.49. The zero-order valence-corrected chi connectivity index (χ0v) is 17.2. The van der Waals surface area contributed by atoms with Gasteiger partial charge in [-0.05, 0) is 44.2 Å². The number of nitrogens with zero attached hydrogens (tertiary/aromatic N) is 2. The van der Waals surface area contributed by atoms with Crippen molar-refractivity contribution in [2.75, 3.05) is 6.61 Å². The number of para-hydroxylation sites is 1. The van der Waals surface area contributed by atoms with Crippen LogP contribution in [0.15, 0.2) is 60.9 Å². The molecule has 2 aromatic carbocycles. The summed E-state index contributed by atoms with van der Waals surface area (Å²) in [6, 6.07) is 13.8. The Morgan fingerprint density at radius 1 is 1.33 bits per heavy atom. The molecular formula is C24H25N3O3. The Kier molecular flexibility index (Phi) is 5.84. The van der Waals surface area contributed by atoms with Crippen molar-refractivity contribution in [1.82, 2.24) is 15.1 Å². The smallest absolute Gasteiger partial charge is 0.244 e. The first-order valence-corrected chi connectivity index (χ1v) is 10.1. The third-order valence-electron chi connectivity index (χ3n) is 4.88. The SMILES string of the molecule is CCOc1cc2c(cc1CNC(=O)/C=C/c1cnn(-c3ccccc3)c1)O[C@H](C)C2. The van der Waals surface area contributed by atoms with Crippen molar-refractivity contribution >= 4 is 12.0 Å². The molecule has 0 fully saturated rings. The van der Waals surface area contributed by atoms with E-state index in [9.17, 15) is 4.79 Å². The minimum atomic E-state index is -0.181. The molecule has 0 radical (unpaired) electrons. The molecule has 154 valence electrons. The molecular weight excluding hydrogens is 378 g/mol. The van der Waals surface area contributed by atoms with Crippen molar-refractivity contribution in [3.63, 3.8) is 0 Å². The number of carbonyl (C=O) groups is 1. The van der Waals surface area contributed by atoms with E-state index in [4.69, 9.17) is 9.47 Å². The van der Waals surface area contributed by atoms with Gasteiger partial charge in [0.25, 0.3) is 0 Å². The topological polar surface area (TPSA) is 65.4 Å². The van der Waals surface area contributed by atoms with E-state index in [1.807, 2.05) is 62.5 Å². The first-order valence-electron chi connectivity index (χ1n) is 10.1. The van der Waals surface area contributed by atoms with Crippen LogP contribution < -0.4 is 14.8 Å². The summed E-state index contributed by atoms with van der Waals surface area (Å²) in [4.78, 5) is 12.3. The lowest BCUT2D eigenvalue weighted by Crippen LogP contribution is -2.20. The number of ether oxygens (including phenoxy) is 2. The van der Waals surface area contributed by atoms with Crippen LogP contribution in [0.3, 0.4) is 0 Å². The Hall–Kier alpha value is -3.54. The number of amides is 1. The third kappa shape index (κ3) is 4.54. The molecule has 0 bridgehead atoms. The van der Waals surface area contributed by atoms with Crippen molar-refractivity contribution in [3.05, 3.63) is 77.6 Å². The molecule has 1 aliphatic heterocycles. The molecule has 1 amide bonds. The number of carbonyl (C=O) groups excluding carboxylic acids is 1. The molecule has 0 saturated heterocycles. The number of hydrogen-bond acceptors (Lipinski definition) is 4. The molecule has 6 heteroatoms. The second-order valence-corrected chi connectivity index (χ2v) is 7.24. The fourth-order valence-electron chi connectivity index (χ4n) is 3.47. The Balaban J connectivity index is 1.39. The number of rotatable bonds is 7.